The van der Waals surface area contributed by atoms with E-state index in [-0.39, 0.29) is 0 Å². The minimum atomic E-state index is 0.594. The average Bonchev–Trinajstić information content (AvgIpc) is 2.84. The Labute approximate surface area is 103 Å². The van der Waals surface area contributed by atoms with Crippen LogP contribution in [0.2, 0.25) is 0 Å². The topological polar surface area (TPSA) is 36.5 Å². The van der Waals surface area contributed by atoms with Crippen LogP contribution in [0.3, 0.4) is 0 Å². The van der Waals surface area contributed by atoms with Crippen LogP contribution in [0.4, 0.5) is 0 Å². The highest BCUT2D eigenvalue weighted by atomic mass is 32.1. The summed E-state index contributed by atoms with van der Waals surface area (Å²) in [5.41, 5.74) is 3.05. The summed E-state index contributed by atoms with van der Waals surface area (Å²) in [6.45, 7) is 0. The Bertz CT molecular complexity index is 672. The largest absolute Gasteiger partial charge is 0.353 e. The molecule has 0 radical (unpaired) electrons. The highest BCUT2D eigenvalue weighted by Crippen LogP contribution is 2.24. The molecule has 0 saturated carbocycles. The van der Waals surface area contributed by atoms with Crippen LogP contribution in [-0.4, -0.2) is 13.9 Å². The molecule has 3 rings (SSSR count). The lowest BCUT2D eigenvalue weighted by molar-refractivity contribution is 1.20. The van der Waals surface area contributed by atoms with E-state index in [4.69, 9.17) is 12.2 Å². The van der Waals surface area contributed by atoms with Crippen molar-refractivity contribution in [1.29, 1.82) is 0 Å². The fourth-order valence-corrected chi connectivity index (χ4v) is 2.15. The summed E-state index contributed by atoms with van der Waals surface area (Å²) < 4.78 is 2.25. The van der Waals surface area contributed by atoms with Crippen molar-refractivity contribution < 1.29 is 0 Å². The number of nitrogens with one attached hydrogen (secondary N) is 2. The number of hydrogen-bond donors (Lipinski definition) is 3. The van der Waals surface area contributed by atoms with Crippen LogP contribution in [-0.2, 0) is 0 Å². The van der Waals surface area contributed by atoms with Crippen molar-refractivity contribution in [3.05, 3.63) is 41.3 Å². The zero-order valence-corrected chi connectivity index (χ0v) is 9.98. The molecule has 0 amide bonds. The first-order chi connectivity index (χ1) is 7.75. The molecule has 2 heterocycles. The second-order valence-corrected chi connectivity index (χ2v) is 4.35. The number of aromatic amines is 2. The van der Waals surface area contributed by atoms with E-state index in [0.29, 0.717) is 4.77 Å². The van der Waals surface area contributed by atoms with Gasteiger partial charge in [-0.15, -0.1) is 0 Å². The van der Waals surface area contributed by atoms with Gasteiger partial charge < -0.3 is 9.97 Å². The third-order valence-corrected chi connectivity index (χ3v) is 3.41. The number of benzene rings is 1. The Hall–Kier alpha value is -1.46. The van der Waals surface area contributed by atoms with Gasteiger partial charge in [-0.2, -0.15) is 0 Å². The standard InChI is InChI=1S/C11H9N3S2/c15-11-12-6-10(14(11)16)9-5-7-3-1-2-4-8(7)13-9/h1-6,13,16H,(H,12,15). The number of nitrogens with zero attached hydrogens (tertiary/aromatic N) is 1. The van der Waals surface area contributed by atoms with Crippen molar-refractivity contribution >= 4 is 35.9 Å². The maximum atomic E-state index is 5.07. The number of para-hydroxylation sites is 1. The fourth-order valence-electron chi connectivity index (χ4n) is 1.76. The molecule has 2 N–H and O–H groups in total. The normalized spacial score (nSPS) is 11.1. The van der Waals surface area contributed by atoms with Crippen molar-refractivity contribution in [2.45, 2.75) is 0 Å². The first-order valence-corrected chi connectivity index (χ1v) is 5.64. The predicted octanol–water partition coefficient (Wildman–Crippen LogP) is 3.39. The Balaban J connectivity index is 2.26. The van der Waals surface area contributed by atoms with Gasteiger partial charge in [-0.3, -0.25) is 3.97 Å². The van der Waals surface area contributed by atoms with Crippen LogP contribution in [0.15, 0.2) is 36.5 Å². The monoisotopic (exact) mass is 247 g/mol. The number of imidazole rings is 1. The van der Waals surface area contributed by atoms with Crippen molar-refractivity contribution in [2.75, 3.05) is 0 Å². The van der Waals surface area contributed by atoms with Crippen molar-refractivity contribution in [2.24, 2.45) is 0 Å². The van der Waals surface area contributed by atoms with E-state index in [1.54, 1.807) is 3.97 Å². The minimum absolute atomic E-state index is 0.594. The molecule has 0 unspecified atom stereocenters. The summed E-state index contributed by atoms with van der Waals surface area (Å²) in [6.07, 6.45) is 1.85. The molecule has 0 aliphatic rings. The van der Waals surface area contributed by atoms with Gasteiger partial charge >= 0.3 is 0 Å². The molecular weight excluding hydrogens is 238 g/mol. The van der Waals surface area contributed by atoms with Crippen molar-refractivity contribution in [1.82, 2.24) is 13.9 Å². The van der Waals surface area contributed by atoms with Crippen molar-refractivity contribution in [3.63, 3.8) is 0 Å². The summed E-state index contributed by atoms with van der Waals surface area (Å²) >= 11 is 9.39. The van der Waals surface area contributed by atoms with Crippen LogP contribution in [0.5, 0.6) is 0 Å². The molecule has 0 aliphatic carbocycles. The van der Waals surface area contributed by atoms with E-state index in [1.807, 2.05) is 24.4 Å². The Morgan fingerprint density at radius 2 is 2.06 bits per heavy atom. The lowest BCUT2D eigenvalue weighted by Gasteiger charge is -1.96. The van der Waals surface area contributed by atoms with Gasteiger partial charge in [0.25, 0.3) is 0 Å². The molecule has 16 heavy (non-hydrogen) atoms. The van der Waals surface area contributed by atoms with Gasteiger partial charge in [-0.25, -0.2) is 0 Å². The molecular formula is C11H9N3S2. The molecule has 0 spiro atoms. The van der Waals surface area contributed by atoms with E-state index in [2.05, 4.69) is 34.9 Å². The van der Waals surface area contributed by atoms with Crippen LogP contribution < -0.4 is 0 Å². The number of hydrogen-bond acceptors (Lipinski definition) is 2. The number of rotatable bonds is 1. The quantitative estimate of drug-likeness (QED) is 0.447. The van der Waals surface area contributed by atoms with E-state index in [1.165, 1.54) is 5.39 Å². The van der Waals surface area contributed by atoms with Crippen LogP contribution >= 0.6 is 25.0 Å². The van der Waals surface area contributed by atoms with Gasteiger partial charge in [0.15, 0.2) is 4.77 Å². The SMILES string of the molecule is S=c1[nH]cc(-c2cc3ccccc3[nH]2)n1S. The molecule has 0 fully saturated rings. The highest BCUT2D eigenvalue weighted by molar-refractivity contribution is 7.79. The minimum Gasteiger partial charge on any atom is -0.353 e. The smallest absolute Gasteiger partial charge is 0.187 e. The Morgan fingerprint density at radius 3 is 2.75 bits per heavy atom. The lowest BCUT2D eigenvalue weighted by Crippen LogP contribution is -1.84. The lowest BCUT2D eigenvalue weighted by atomic mass is 10.2. The first kappa shape index (κ1) is 9.74. The number of H-pyrrole nitrogens is 2. The molecule has 0 aliphatic heterocycles. The summed E-state index contributed by atoms with van der Waals surface area (Å²) in [4.78, 5) is 6.29. The first-order valence-electron chi connectivity index (χ1n) is 4.83. The molecule has 80 valence electrons. The molecule has 3 aromatic rings. The molecule has 2 aromatic heterocycles. The zero-order chi connectivity index (χ0) is 11.1. The fraction of sp³-hybridized carbons (Fsp3) is 0. The second-order valence-electron chi connectivity index (χ2n) is 3.56. The predicted molar refractivity (Wildman–Crippen MR) is 71.3 cm³/mol. The molecule has 0 atom stereocenters. The van der Waals surface area contributed by atoms with Gasteiger partial charge in [0, 0.05) is 17.1 Å². The molecule has 0 bridgehead atoms. The van der Waals surface area contributed by atoms with Gasteiger partial charge in [0.2, 0.25) is 0 Å². The highest BCUT2D eigenvalue weighted by Gasteiger charge is 2.07. The van der Waals surface area contributed by atoms with Gasteiger partial charge in [0.05, 0.1) is 11.4 Å². The molecule has 3 nitrogen and oxygen atoms in total. The zero-order valence-electron chi connectivity index (χ0n) is 8.27. The Morgan fingerprint density at radius 1 is 1.25 bits per heavy atom. The third-order valence-electron chi connectivity index (χ3n) is 2.56. The van der Waals surface area contributed by atoms with Crippen LogP contribution in [0.1, 0.15) is 0 Å². The average molecular weight is 247 g/mol. The van der Waals surface area contributed by atoms with E-state index in [0.717, 1.165) is 16.9 Å². The van der Waals surface area contributed by atoms with Crippen LogP contribution in [0, 0.1) is 4.77 Å². The number of thiol groups is 1. The summed E-state index contributed by atoms with van der Waals surface area (Å²) in [5, 5.41) is 1.18. The maximum Gasteiger partial charge on any atom is 0.187 e. The summed E-state index contributed by atoms with van der Waals surface area (Å²) in [6, 6.07) is 10.2. The van der Waals surface area contributed by atoms with Gasteiger partial charge in [-0.1, -0.05) is 31.0 Å². The Kier molecular flexibility index (Phi) is 2.15. The van der Waals surface area contributed by atoms with E-state index < -0.39 is 0 Å². The number of fused-ring (bicyclic) bond motifs is 1. The van der Waals surface area contributed by atoms with Crippen molar-refractivity contribution in [3.8, 4) is 11.4 Å². The van der Waals surface area contributed by atoms with E-state index >= 15 is 0 Å². The number of aromatic nitrogens is 3. The maximum absolute atomic E-state index is 5.07. The molecule has 1 aromatic carbocycles. The second kappa shape index (κ2) is 3.54. The summed E-state index contributed by atoms with van der Waals surface area (Å²) in [7, 11) is 0. The third kappa shape index (κ3) is 1.40. The van der Waals surface area contributed by atoms with E-state index in [9.17, 15) is 0 Å². The van der Waals surface area contributed by atoms with Crippen LogP contribution in [0.25, 0.3) is 22.3 Å². The van der Waals surface area contributed by atoms with Gasteiger partial charge in [-0.05, 0) is 24.4 Å². The summed E-state index contributed by atoms with van der Waals surface area (Å²) in [5.74, 6) is 0. The molecule has 0 saturated heterocycles. The van der Waals surface area contributed by atoms with Gasteiger partial charge in [0.1, 0.15) is 0 Å². The molecule has 5 heteroatoms.